The van der Waals surface area contributed by atoms with Crippen LogP contribution in [0.5, 0.6) is 0 Å². The molecule has 1 N–H and O–H groups in total. The van der Waals surface area contributed by atoms with E-state index >= 15 is 0 Å². The molecule has 1 saturated carbocycles. The lowest BCUT2D eigenvalue weighted by Gasteiger charge is -2.12. The van der Waals surface area contributed by atoms with Crippen LogP contribution in [0.25, 0.3) is 11.3 Å². The van der Waals surface area contributed by atoms with Crippen molar-refractivity contribution in [1.82, 2.24) is 20.3 Å². The molecular formula is C22H22N4O. The van der Waals surface area contributed by atoms with Crippen LogP contribution in [0, 0.1) is 12.8 Å². The van der Waals surface area contributed by atoms with Gasteiger partial charge in [0.1, 0.15) is 6.33 Å². The Kier molecular flexibility index (Phi) is 4.92. The van der Waals surface area contributed by atoms with Gasteiger partial charge in [0.05, 0.1) is 11.4 Å². The lowest BCUT2D eigenvalue weighted by Crippen LogP contribution is -2.25. The van der Waals surface area contributed by atoms with Crippen LogP contribution in [0.4, 0.5) is 0 Å². The second-order valence-electron chi connectivity index (χ2n) is 7.06. The topological polar surface area (TPSA) is 67.8 Å². The lowest BCUT2D eigenvalue weighted by molar-refractivity contribution is 0.0951. The average Bonchev–Trinajstić information content (AvgIpc) is 3.53. The number of carbonyl (C=O) groups excluding carboxylic acids is 1. The van der Waals surface area contributed by atoms with Gasteiger partial charge >= 0.3 is 0 Å². The quantitative estimate of drug-likeness (QED) is 0.731. The normalized spacial score (nSPS) is 13.4. The zero-order chi connectivity index (χ0) is 18.6. The summed E-state index contributed by atoms with van der Waals surface area (Å²) in [5.41, 5.74) is 5.73. The Bertz CT molecular complexity index is 952. The fourth-order valence-corrected chi connectivity index (χ4v) is 3.11. The van der Waals surface area contributed by atoms with Crippen LogP contribution in [-0.2, 0) is 6.42 Å². The van der Waals surface area contributed by atoms with Gasteiger partial charge in [-0.25, -0.2) is 9.97 Å². The fraction of sp³-hybridized carbons (Fsp3) is 0.273. The Morgan fingerprint density at radius 3 is 2.81 bits per heavy atom. The minimum Gasteiger partial charge on any atom is -0.352 e. The van der Waals surface area contributed by atoms with Crippen molar-refractivity contribution in [2.24, 2.45) is 5.92 Å². The minimum atomic E-state index is 0.000180. The highest BCUT2D eigenvalue weighted by molar-refractivity contribution is 5.94. The SMILES string of the molecule is Cc1ccc(C(=O)NCC2CC2)cc1Cc1ncccc1-c1ccncn1. The highest BCUT2D eigenvalue weighted by Crippen LogP contribution is 2.28. The number of carbonyl (C=O) groups is 1. The van der Waals surface area contributed by atoms with Gasteiger partial charge in [0.15, 0.2) is 0 Å². The van der Waals surface area contributed by atoms with Crippen molar-refractivity contribution in [3.63, 3.8) is 0 Å². The van der Waals surface area contributed by atoms with Gasteiger partial charge in [0.2, 0.25) is 0 Å². The van der Waals surface area contributed by atoms with E-state index in [-0.39, 0.29) is 5.91 Å². The van der Waals surface area contributed by atoms with Gasteiger partial charge in [0, 0.05) is 36.5 Å². The molecule has 1 aliphatic rings. The maximum absolute atomic E-state index is 12.4. The number of aromatic nitrogens is 3. The molecule has 1 fully saturated rings. The summed E-state index contributed by atoms with van der Waals surface area (Å²) in [4.78, 5) is 25.3. The van der Waals surface area contributed by atoms with Gasteiger partial charge in [-0.05, 0) is 67.1 Å². The molecule has 0 saturated heterocycles. The Morgan fingerprint density at radius 2 is 2.04 bits per heavy atom. The van der Waals surface area contributed by atoms with Crippen molar-refractivity contribution in [2.45, 2.75) is 26.2 Å². The van der Waals surface area contributed by atoms with Crippen LogP contribution in [0.1, 0.15) is 40.0 Å². The van der Waals surface area contributed by atoms with Crippen LogP contribution in [-0.4, -0.2) is 27.4 Å². The molecule has 136 valence electrons. The summed E-state index contributed by atoms with van der Waals surface area (Å²) in [5, 5.41) is 3.04. The number of pyridine rings is 1. The van der Waals surface area contributed by atoms with Crippen molar-refractivity contribution in [1.29, 1.82) is 0 Å². The summed E-state index contributed by atoms with van der Waals surface area (Å²) in [6, 6.07) is 11.7. The molecule has 2 heterocycles. The number of nitrogens with one attached hydrogen (secondary N) is 1. The van der Waals surface area contributed by atoms with E-state index in [1.165, 1.54) is 12.8 Å². The standard InChI is InChI=1S/C22H22N4O/c1-15-4-7-17(22(27)25-13-16-5-6-16)11-18(15)12-21-19(3-2-9-24-21)20-8-10-23-14-26-20/h2-4,7-11,14,16H,5-6,12-13H2,1H3,(H,25,27). The molecular weight excluding hydrogens is 336 g/mol. The highest BCUT2D eigenvalue weighted by Gasteiger charge is 2.22. The smallest absolute Gasteiger partial charge is 0.251 e. The molecule has 5 nitrogen and oxygen atoms in total. The zero-order valence-electron chi connectivity index (χ0n) is 15.4. The summed E-state index contributed by atoms with van der Waals surface area (Å²) in [7, 11) is 0. The molecule has 4 rings (SSSR count). The molecule has 27 heavy (non-hydrogen) atoms. The second kappa shape index (κ2) is 7.66. The van der Waals surface area contributed by atoms with E-state index in [1.807, 2.05) is 36.4 Å². The predicted molar refractivity (Wildman–Crippen MR) is 104 cm³/mol. The molecule has 3 aromatic rings. The largest absolute Gasteiger partial charge is 0.352 e. The average molecular weight is 358 g/mol. The molecule has 0 atom stereocenters. The van der Waals surface area contributed by atoms with Gasteiger partial charge < -0.3 is 5.32 Å². The molecule has 2 aromatic heterocycles. The van der Waals surface area contributed by atoms with Crippen LogP contribution in [0.15, 0.2) is 55.1 Å². The van der Waals surface area contributed by atoms with E-state index in [0.717, 1.165) is 34.6 Å². The maximum Gasteiger partial charge on any atom is 0.251 e. The Hall–Kier alpha value is -3.08. The molecule has 0 aliphatic heterocycles. The fourth-order valence-electron chi connectivity index (χ4n) is 3.11. The number of amides is 1. The van der Waals surface area contributed by atoms with Crippen LogP contribution in [0.3, 0.4) is 0 Å². The Labute approximate surface area is 158 Å². The van der Waals surface area contributed by atoms with Gasteiger partial charge in [-0.3, -0.25) is 9.78 Å². The van der Waals surface area contributed by atoms with Crippen LogP contribution in [0.2, 0.25) is 0 Å². The predicted octanol–water partition coefficient (Wildman–Crippen LogP) is 3.58. The first-order valence-corrected chi connectivity index (χ1v) is 9.28. The number of benzene rings is 1. The van der Waals surface area contributed by atoms with E-state index in [9.17, 15) is 4.79 Å². The van der Waals surface area contributed by atoms with E-state index in [4.69, 9.17) is 0 Å². The van der Waals surface area contributed by atoms with Crippen molar-refractivity contribution in [3.8, 4) is 11.3 Å². The number of nitrogens with zero attached hydrogens (tertiary/aromatic N) is 3. The Morgan fingerprint density at radius 1 is 1.15 bits per heavy atom. The third kappa shape index (κ3) is 4.19. The second-order valence-corrected chi connectivity index (χ2v) is 7.06. The summed E-state index contributed by atoms with van der Waals surface area (Å²) in [5.74, 6) is 0.669. The zero-order valence-corrected chi connectivity index (χ0v) is 15.4. The molecule has 0 bridgehead atoms. The molecule has 1 aliphatic carbocycles. The summed E-state index contributed by atoms with van der Waals surface area (Å²) < 4.78 is 0. The van der Waals surface area contributed by atoms with Gasteiger partial charge in [0.25, 0.3) is 5.91 Å². The summed E-state index contributed by atoms with van der Waals surface area (Å²) >= 11 is 0. The summed E-state index contributed by atoms with van der Waals surface area (Å²) in [6.07, 6.45) is 8.17. The van der Waals surface area contributed by atoms with Crippen molar-refractivity contribution >= 4 is 5.91 Å². The highest BCUT2D eigenvalue weighted by atomic mass is 16.1. The molecule has 1 amide bonds. The van der Waals surface area contributed by atoms with Gasteiger partial charge in [-0.15, -0.1) is 0 Å². The van der Waals surface area contributed by atoms with Crippen molar-refractivity contribution in [3.05, 3.63) is 77.5 Å². The first kappa shape index (κ1) is 17.3. The third-order valence-corrected chi connectivity index (χ3v) is 4.97. The van der Waals surface area contributed by atoms with E-state index in [0.29, 0.717) is 17.9 Å². The minimum absolute atomic E-state index is 0.000180. The lowest BCUT2D eigenvalue weighted by atomic mass is 9.97. The van der Waals surface area contributed by atoms with E-state index < -0.39 is 0 Å². The summed E-state index contributed by atoms with van der Waals surface area (Å²) in [6.45, 7) is 2.84. The van der Waals surface area contributed by atoms with Crippen molar-refractivity contribution < 1.29 is 4.79 Å². The van der Waals surface area contributed by atoms with E-state index in [2.05, 4.69) is 27.2 Å². The van der Waals surface area contributed by atoms with Gasteiger partial charge in [-0.2, -0.15) is 0 Å². The molecule has 0 unspecified atom stereocenters. The number of hydrogen-bond donors (Lipinski definition) is 1. The monoisotopic (exact) mass is 358 g/mol. The van der Waals surface area contributed by atoms with Crippen molar-refractivity contribution in [2.75, 3.05) is 6.54 Å². The van der Waals surface area contributed by atoms with Crippen LogP contribution < -0.4 is 5.32 Å². The molecule has 1 aromatic carbocycles. The third-order valence-electron chi connectivity index (χ3n) is 4.97. The Balaban J connectivity index is 1.59. The molecule has 0 radical (unpaired) electrons. The first-order valence-electron chi connectivity index (χ1n) is 9.28. The number of hydrogen-bond acceptors (Lipinski definition) is 4. The first-order chi connectivity index (χ1) is 13.2. The van der Waals surface area contributed by atoms with Crippen LogP contribution >= 0.6 is 0 Å². The van der Waals surface area contributed by atoms with E-state index in [1.54, 1.807) is 18.7 Å². The molecule has 5 heteroatoms. The maximum atomic E-state index is 12.4. The van der Waals surface area contributed by atoms with Gasteiger partial charge in [-0.1, -0.05) is 6.07 Å². The number of aryl methyl sites for hydroxylation is 1. The number of rotatable bonds is 6. The molecule has 0 spiro atoms.